The van der Waals surface area contributed by atoms with E-state index >= 15 is 0 Å². The molecular formula is C19H22BrN3O2. The number of carbonyl (C=O) groups is 2. The van der Waals surface area contributed by atoms with E-state index in [1.807, 2.05) is 49.4 Å². The van der Waals surface area contributed by atoms with Crippen LogP contribution in [-0.2, 0) is 4.79 Å². The van der Waals surface area contributed by atoms with Crippen molar-refractivity contribution in [3.05, 3.63) is 64.6 Å². The van der Waals surface area contributed by atoms with Crippen LogP contribution in [0.4, 0.5) is 10.5 Å². The van der Waals surface area contributed by atoms with E-state index in [9.17, 15) is 9.59 Å². The van der Waals surface area contributed by atoms with Crippen molar-refractivity contribution in [2.45, 2.75) is 25.8 Å². The lowest BCUT2D eigenvalue weighted by atomic mass is 10.0. The fourth-order valence-corrected chi connectivity index (χ4v) is 2.63. The summed E-state index contributed by atoms with van der Waals surface area (Å²) in [5.41, 5.74) is 1.78. The van der Waals surface area contributed by atoms with Crippen LogP contribution in [0, 0.1) is 0 Å². The Labute approximate surface area is 156 Å². The van der Waals surface area contributed by atoms with Crippen molar-refractivity contribution in [3.8, 4) is 0 Å². The summed E-state index contributed by atoms with van der Waals surface area (Å²) in [6.45, 7) is 2.31. The summed E-state index contributed by atoms with van der Waals surface area (Å²) in [4.78, 5) is 23.9. The average molecular weight is 404 g/mol. The zero-order valence-electron chi connectivity index (χ0n) is 14.1. The molecule has 25 heavy (non-hydrogen) atoms. The van der Waals surface area contributed by atoms with Gasteiger partial charge in [-0.25, -0.2) is 4.79 Å². The van der Waals surface area contributed by atoms with E-state index in [0.717, 1.165) is 16.5 Å². The van der Waals surface area contributed by atoms with Crippen molar-refractivity contribution in [1.29, 1.82) is 0 Å². The van der Waals surface area contributed by atoms with Crippen molar-refractivity contribution < 1.29 is 9.59 Å². The van der Waals surface area contributed by atoms with Gasteiger partial charge in [0.1, 0.15) is 0 Å². The number of amides is 3. The summed E-state index contributed by atoms with van der Waals surface area (Å²) < 4.78 is 1.01. The van der Waals surface area contributed by atoms with E-state index in [0.29, 0.717) is 5.69 Å². The lowest BCUT2D eigenvalue weighted by molar-refractivity contribution is -0.121. The number of urea groups is 1. The molecule has 0 bridgehead atoms. The van der Waals surface area contributed by atoms with Gasteiger partial charge in [0, 0.05) is 23.1 Å². The third-order valence-electron chi connectivity index (χ3n) is 3.69. The summed E-state index contributed by atoms with van der Waals surface area (Å²) in [6, 6.07) is 16.7. The second-order valence-corrected chi connectivity index (χ2v) is 6.49. The van der Waals surface area contributed by atoms with Gasteiger partial charge in [-0.05, 0) is 36.2 Å². The van der Waals surface area contributed by atoms with Gasteiger partial charge in [0.05, 0.1) is 6.04 Å². The maximum absolute atomic E-state index is 12.1. The summed E-state index contributed by atoms with van der Waals surface area (Å²) in [7, 11) is 0. The topological polar surface area (TPSA) is 70.2 Å². The highest BCUT2D eigenvalue weighted by Gasteiger charge is 2.12. The number of carbonyl (C=O) groups excluding carboxylic acids is 2. The summed E-state index contributed by atoms with van der Waals surface area (Å²) >= 11 is 3.41. The number of rotatable bonds is 7. The summed E-state index contributed by atoms with van der Waals surface area (Å²) in [5, 5.41) is 8.40. The second-order valence-electron chi connectivity index (χ2n) is 5.58. The van der Waals surface area contributed by atoms with E-state index in [1.54, 1.807) is 12.1 Å². The summed E-state index contributed by atoms with van der Waals surface area (Å²) in [6.07, 6.45) is 1.03. The maximum atomic E-state index is 12.1. The van der Waals surface area contributed by atoms with Crippen LogP contribution >= 0.6 is 15.9 Å². The van der Waals surface area contributed by atoms with Crippen LogP contribution in [0.5, 0.6) is 0 Å². The molecule has 3 amide bonds. The number of anilines is 1. The van der Waals surface area contributed by atoms with Crippen LogP contribution in [0.1, 0.15) is 31.4 Å². The molecule has 0 spiro atoms. The molecule has 2 rings (SSSR count). The zero-order chi connectivity index (χ0) is 18.1. The SMILES string of the molecule is CC[C@@H](NC(=O)CCNC(=O)Nc1ccccc1)c1ccc(Br)cc1. The van der Waals surface area contributed by atoms with Gasteiger partial charge >= 0.3 is 6.03 Å². The molecule has 0 saturated carbocycles. The van der Waals surface area contributed by atoms with Gasteiger partial charge in [-0.15, -0.1) is 0 Å². The quantitative estimate of drug-likeness (QED) is 0.647. The Bertz CT molecular complexity index is 690. The van der Waals surface area contributed by atoms with Crippen LogP contribution in [0.3, 0.4) is 0 Å². The number of halogens is 1. The Morgan fingerprint density at radius 1 is 1.04 bits per heavy atom. The molecule has 132 valence electrons. The Kier molecular flexibility index (Phi) is 7.47. The lowest BCUT2D eigenvalue weighted by Gasteiger charge is -2.17. The largest absolute Gasteiger partial charge is 0.349 e. The monoisotopic (exact) mass is 403 g/mol. The predicted octanol–water partition coefficient (Wildman–Crippen LogP) is 4.23. The van der Waals surface area contributed by atoms with Crippen LogP contribution < -0.4 is 16.0 Å². The molecular weight excluding hydrogens is 382 g/mol. The zero-order valence-corrected chi connectivity index (χ0v) is 15.7. The molecule has 0 aliphatic heterocycles. The molecule has 0 aliphatic carbocycles. The van der Waals surface area contributed by atoms with Gasteiger partial charge in [-0.2, -0.15) is 0 Å². The number of para-hydroxylation sites is 1. The molecule has 0 unspecified atom stereocenters. The van der Waals surface area contributed by atoms with Crippen LogP contribution in [0.2, 0.25) is 0 Å². The molecule has 0 heterocycles. The third-order valence-corrected chi connectivity index (χ3v) is 4.21. The van der Waals surface area contributed by atoms with Crippen molar-refractivity contribution >= 4 is 33.6 Å². The van der Waals surface area contributed by atoms with E-state index < -0.39 is 0 Å². The molecule has 3 N–H and O–H groups in total. The first kappa shape index (κ1) is 19.0. The second kappa shape index (κ2) is 9.84. The van der Waals surface area contributed by atoms with Crippen LogP contribution in [0.25, 0.3) is 0 Å². The van der Waals surface area contributed by atoms with E-state index in [4.69, 9.17) is 0 Å². The van der Waals surface area contributed by atoms with Crippen LogP contribution in [0.15, 0.2) is 59.1 Å². The standard InChI is InChI=1S/C19H22BrN3O2/c1-2-17(14-8-10-15(20)11-9-14)23-18(24)12-13-21-19(25)22-16-6-4-3-5-7-16/h3-11,17H,2,12-13H2,1H3,(H,23,24)(H2,21,22,25)/t17-/m1/s1. The highest BCUT2D eigenvalue weighted by Crippen LogP contribution is 2.19. The van der Waals surface area contributed by atoms with Crippen molar-refractivity contribution in [2.24, 2.45) is 0 Å². The average Bonchev–Trinajstić information content (AvgIpc) is 2.61. The number of benzene rings is 2. The number of hydrogen-bond donors (Lipinski definition) is 3. The first-order chi connectivity index (χ1) is 12.1. The fourth-order valence-electron chi connectivity index (χ4n) is 2.37. The molecule has 0 aromatic heterocycles. The molecule has 2 aromatic carbocycles. The van der Waals surface area contributed by atoms with Crippen molar-refractivity contribution in [2.75, 3.05) is 11.9 Å². The van der Waals surface area contributed by atoms with E-state index in [2.05, 4.69) is 31.9 Å². The molecule has 5 nitrogen and oxygen atoms in total. The molecule has 0 saturated heterocycles. The highest BCUT2D eigenvalue weighted by atomic mass is 79.9. The van der Waals surface area contributed by atoms with Gasteiger partial charge in [0.2, 0.25) is 5.91 Å². The van der Waals surface area contributed by atoms with Gasteiger partial charge in [0.25, 0.3) is 0 Å². The Morgan fingerprint density at radius 2 is 1.72 bits per heavy atom. The summed E-state index contributed by atoms with van der Waals surface area (Å²) in [5.74, 6) is -0.0882. The first-order valence-corrected chi connectivity index (χ1v) is 9.02. The van der Waals surface area contributed by atoms with Gasteiger partial charge < -0.3 is 16.0 Å². The Hall–Kier alpha value is -2.34. The minimum Gasteiger partial charge on any atom is -0.349 e. The Balaban J connectivity index is 1.74. The van der Waals surface area contributed by atoms with E-state index in [-0.39, 0.29) is 30.9 Å². The van der Waals surface area contributed by atoms with Crippen LogP contribution in [-0.4, -0.2) is 18.5 Å². The lowest BCUT2D eigenvalue weighted by Crippen LogP contribution is -2.34. The molecule has 0 aliphatic rings. The minimum absolute atomic E-state index is 0.0289. The number of nitrogens with one attached hydrogen (secondary N) is 3. The fraction of sp³-hybridized carbons (Fsp3) is 0.263. The molecule has 6 heteroatoms. The molecule has 2 aromatic rings. The minimum atomic E-state index is -0.320. The third kappa shape index (κ3) is 6.58. The van der Waals surface area contributed by atoms with Gasteiger partial charge in [-0.1, -0.05) is 53.2 Å². The maximum Gasteiger partial charge on any atom is 0.319 e. The molecule has 0 fully saturated rings. The Morgan fingerprint density at radius 3 is 2.36 bits per heavy atom. The van der Waals surface area contributed by atoms with Crippen molar-refractivity contribution in [3.63, 3.8) is 0 Å². The predicted molar refractivity (Wildman–Crippen MR) is 103 cm³/mol. The molecule has 0 radical (unpaired) electrons. The van der Waals surface area contributed by atoms with E-state index in [1.165, 1.54) is 0 Å². The van der Waals surface area contributed by atoms with Crippen molar-refractivity contribution in [1.82, 2.24) is 10.6 Å². The molecule has 1 atom stereocenters. The normalized spacial score (nSPS) is 11.4. The first-order valence-electron chi connectivity index (χ1n) is 8.23. The smallest absolute Gasteiger partial charge is 0.319 e. The van der Waals surface area contributed by atoms with Gasteiger partial charge in [-0.3, -0.25) is 4.79 Å². The highest BCUT2D eigenvalue weighted by molar-refractivity contribution is 9.10. The van der Waals surface area contributed by atoms with Gasteiger partial charge in [0.15, 0.2) is 0 Å². The number of hydrogen-bond acceptors (Lipinski definition) is 2.